The molecule has 0 N–H and O–H groups in total. The number of likely N-dealkylation sites (N-methyl/N-ethyl adjacent to an activating group) is 1. The van der Waals surface area contributed by atoms with E-state index in [4.69, 9.17) is 4.74 Å². The van der Waals surface area contributed by atoms with Crippen LogP contribution in [0.25, 0.3) is 0 Å². The SMILES string of the molecule is COc1ccccc1CCN(C)C(=O)C=O. The van der Waals surface area contributed by atoms with Crippen molar-refractivity contribution in [3.63, 3.8) is 0 Å². The molecule has 1 aromatic carbocycles. The number of carbonyl (C=O) groups is 2. The van der Waals surface area contributed by atoms with E-state index in [-0.39, 0.29) is 0 Å². The van der Waals surface area contributed by atoms with E-state index in [0.717, 1.165) is 11.3 Å². The third kappa shape index (κ3) is 3.08. The fourth-order valence-electron chi connectivity index (χ4n) is 1.40. The minimum atomic E-state index is -0.505. The van der Waals surface area contributed by atoms with Crippen LogP contribution in [-0.4, -0.2) is 37.8 Å². The van der Waals surface area contributed by atoms with Gasteiger partial charge in [0, 0.05) is 13.6 Å². The summed E-state index contributed by atoms with van der Waals surface area (Å²) < 4.78 is 5.19. The van der Waals surface area contributed by atoms with Gasteiger partial charge in [0.1, 0.15) is 5.75 Å². The summed E-state index contributed by atoms with van der Waals surface area (Å²) in [6, 6.07) is 7.62. The molecule has 1 amide bonds. The largest absolute Gasteiger partial charge is 0.496 e. The Bertz CT molecular complexity index is 376. The Balaban J connectivity index is 2.60. The van der Waals surface area contributed by atoms with E-state index in [2.05, 4.69) is 0 Å². The highest BCUT2D eigenvalue weighted by Gasteiger charge is 2.08. The molecule has 0 aliphatic heterocycles. The lowest BCUT2D eigenvalue weighted by Gasteiger charge is -2.14. The van der Waals surface area contributed by atoms with Gasteiger partial charge in [0.2, 0.25) is 6.29 Å². The molecule has 0 unspecified atom stereocenters. The van der Waals surface area contributed by atoms with Crippen molar-refractivity contribution in [2.75, 3.05) is 20.7 Å². The van der Waals surface area contributed by atoms with Gasteiger partial charge in [-0.2, -0.15) is 0 Å². The molecule has 86 valence electrons. The van der Waals surface area contributed by atoms with E-state index in [1.54, 1.807) is 14.2 Å². The number of para-hydroxylation sites is 1. The molecule has 0 atom stereocenters. The van der Waals surface area contributed by atoms with Crippen LogP contribution in [0.1, 0.15) is 5.56 Å². The van der Waals surface area contributed by atoms with Crippen LogP contribution in [0.3, 0.4) is 0 Å². The van der Waals surface area contributed by atoms with Gasteiger partial charge in [0.05, 0.1) is 7.11 Å². The summed E-state index contributed by atoms with van der Waals surface area (Å²) in [5, 5.41) is 0. The lowest BCUT2D eigenvalue weighted by molar-refractivity contribution is -0.137. The lowest BCUT2D eigenvalue weighted by Crippen LogP contribution is -2.29. The highest BCUT2D eigenvalue weighted by atomic mass is 16.5. The summed E-state index contributed by atoms with van der Waals surface area (Å²) >= 11 is 0. The molecule has 0 fully saturated rings. The molecule has 0 spiro atoms. The van der Waals surface area contributed by atoms with Gasteiger partial charge in [0.25, 0.3) is 5.91 Å². The zero-order valence-electron chi connectivity index (χ0n) is 9.47. The standard InChI is InChI=1S/C12H15NO3/c1-13(12(15)9-14)8-7-10-5-3-4-6-11(10)16-2/h3-6,9H,7-8H2,1-2H3. The summed E-state index contributed by atoms with van der Waals surface area (Å²) in [6.07, 6.45) is 0.988. The van der Waals surface area contributed by atoms with E-state index >= 15 is 0 Å². The number of carbonyl (C=O) groups excluding carboxylic acids is 2. The summed E-state index contributed by atoms with van der Waals surface area (Å²) in [5.41, 5.74) is 1.02. The number of hydrogen-bond acceptors (Lipinski definition) is 3. The van der Waals surface area contributed by atoms with Crippen LogP contribution in [0, 0.1) is 0 Å². The summed E-state index contributed by atoms with van der Waals surface area (Å²) in [7, 11) is 3.21. The van der Waals surface area contributed by atoms with Crippen molar-refractivity contribution >= 4 is 12.2 Å². The molecule has 1 aromatic rings. The maximum Gasteiger partial charge on any atom is 0.286 e. The number of benzene rings is 1. The smallest absolute Gasteiger partial charge is 0.286 e. The quantitative estimate of drug-likeness (QED) is 0.548. The van der Waals surface area contributed by atoms with Crippen LogP contribution in [-0.2, 0) is 16.0 Å². The van der Waals surface area contributed by atoms with Crippen molar-refractivity contribution in [1.82, 2.24) is 4.90 Å². The van der Waals surface area contributed by atoms with Gasteiger partial charge in [-0.05, 0) is 18.1 Å². The number of hydrogen-bond donors (Lipinski definition) is 0. The van der Waals surface area contributed by atoms with Crippen LogP contribution < -0.4 is 4.74 Å². The Morgan fingerprint density at radius 3 is 2.75 bits per heavy atom. The van der Waals surface area contributed by atoms with Gasteiger partial charge in [-0.1, -0.05) is 18.2 Å². The first-order valence-corrected chi connectivity index (χ1v) is 5.01. The van der Waals surface area contributed by atoms with Crippen molar-refractivity contribution < 1.29 is 14.3 Å². The van der Waals surface area contributed by atoms with Crippen molar-refractivity contribution in [2.45, 2.75) is 6.42 Å². The van der Waals surface area contributed by atoms with Gasteiger partial charge >= 0.3 is 0 Å². The predicted octanol–water partition coefficient (Wildman–Crippen LogP) is 0.895. The molecule has 0 saturated carbocycles. The van der Waals surface area contributed by atoms with Crippen LogP contribution in [0.2, 0.25) is 0 Å². The van der Waals surface area contributed by atoms with Crippen LogP contribution in [0.15, 0.2) is 24.3 Å². The van der Waals surface area contributed by atoms with Crippen molar-refractivity contribution in [1.29, 1.82) is 0 Å². The number of amides is 1. The van der Waals surface area contributed by atoms with E-state index in [1.807, 2.05) is 24.3 Å². The van der Waals surface area contributed by atoms with Gasteiger partial charge in [0.15, 0.2) is 0 Å². The normalized spacial score (nSPS) is 9.62. The number of rotatable bonds is 5. The van der Waals surface area contributed by atoms with Crippen molar-refractivity contribution in [3.8, 4) is 5.75 Å². The Morgan fingerprint density at radius 1 is 1.44 bits per heavy atom. The van der Waals surface area contributed by atoms with Crippen LogP contribution in [0.5, 0.6) is 5.75 Å². The Morgan fingerprint density at radius 2 is 2.12 bits per heavy atom. The number of aldehydes is 1. The second-order valence-electron chi connectivity index (χ2n) is 3.44. The minimum absolute atomic E-state index is 0.322. The van der Waals surface area contributed by atoms with E-state index in [0.29, 0.717) is 19.3 Å². The molecular formula is C12H15NO3. The fourth-order valence-corrected chi connectivity index (χ4v) is 1.40. The monoisotopic (exact) mass is 221 g/mol. The van der Waals surface area contributed by atoms with E-state index < -0.39 is 5.91 Å². The number of methoxy groups -OCH3 is 1. The molecule has 16 heavy (non-hydrogen) atoms. The molecule has 0 bridgehead atoms. The summed E-state index contributed by atoms with van der Waals surface area (Å²) in [6.45, 7) is 0.498. The molecule has 0 aliphatic carbocycles. The molecule has 0 heterocycles. The first kappa shape index (κ1) is 12.2. The molecule has 4 heteroatoms. The van der Waals surface area contributed by atoms with Gasteiger partial charge in [-0.15, -0.1) is 0 Å². The molecular weight excluding hydrogens is 206 g/mol. The van der Waals surface area contributed by atoms with Crippen molar-refractivity contribution in [3.05, 3.63) is 29.8 Å². The molecule has 0 aromatic heterocycles. The van der Waals surface area contributed by atoms with Gasteiger partial charge < -0.3 is 9.64 Å². The third-order valence-corrected chi connectivity index (χ3v) is 2.39. The second kappa shape index (κ2) is 5.90. The average molecular weight is 221 g/mol. The van der Waals surface area contributed by atoms with Gasteiger partial charge in [-0.25, -0.2) is 0 Å². The highest BCUT2D eigenvalue weighted by Crippen LogP contribution is 2.17. The zero-order valence-corrected chi connectivity index (χ0v) is 9.47. The molecule has 0 aliphatic rings. The Labute approximate surface area is 94.8 Å². The highest BCUT2D eigenvalue weighted by molar-refractivity contribution is 6.23. The van der Waals surface area contributed by atoms with E-state index in [1.165, 1.54) is 4.90 Å². The van der Waals surface area contributed by atoms with Crippen LogP contribution >= 0.6 is 0 Å². The Kier molecular flexibility index (Phi) is 4.51. The average Bonchev–Trinajstić information content (AvgIpc) is 2.35. The zero-order chi connectivity index (χ0) is 12.0. The molecule has 0 radical (unpaired) electrons. The van der Waals surface area contributed by atoms with E-state index in [9.17, 15) is 9.59 Å². The predicted molar refractivity (Wildman–Crippen MR) is 60.4 cm³/mol. The third-order valence-electron chi connectivity index (χ3n) is 2.39. The molecule has 1 rings (SSSR count). The summed E-state index contributed by atoms with van der Waals surface area (Å²) in [4.78, 5) is 22.7. The number of ether oxygens (including phenoxy) is 1. The maximum atomic E-state index is 11.0. The van der Waals surface area contributed by atoms with Crippen LogP contribution in [0.4, 0.5) is 0 Å². The molecule has 4 nitrogen and oxygen atoms in total. The van der Waals surface area contributed by atoms with Gasteiger partial charge in [-0.3, -0.25) is 9.59 Å². The first-order chi connectivity index (χ1) is 7.69. The topological polar surface area (TPSA) is 46.6 Å². The minimum Gasteiger partial charge on any atom is -0.496 e. The Hall–Kier alpha value is -1.84. The molecule has 0 saturated heterocycles. The number of nitrogens with zero attached hydrogens (tertiary/aromatic N) is 1. The second-order valence-corrected chi connectivity index (χ2v) is 3.44. The maximum absolute atomic E-state index is 11.0. The lowest BCUT2D eigenvalue weighted by atomic mass is 10.1. The fraction of sp³-hybridized carbons (Fsp3) is 0.333. The van der Waals surface area contributed by atoms with Crippen molar-refractivity contribution in [2.24, 2.45) is 0 Å². The first-order valence-electron chi connectivity index (χ1n) is 5.01. The summed E-state index contributed by atoms with van der Waals surface area (Å²) in [5.74, 6) is 0.296.